The Morgan fingerprint density at radius 1 is 1.11 bits per heavy atom. The molecule has 12 heteroatoms. The summed E-state index contributed by atoms with van der Waals surface area (Å²) >= 11 is 0. The number of rotatable bonds is 5. The third kappa shape index (κ3) is 4.14. The highest BCUT2D eigenvalue weighted by atomic mass is 19.1. The third-order valence-corrected chi connectivity index (χ3v) is 6.59. The predicted octanol–water partition coefficient (Wildman–Crippen LogP) is 2.77. The van der Waals surface area contributed by atoms with Gasteiger partial charge in [0.15, 0.2) is 17.5 Å². The zero-order valence-corrected chi connectivity index (χ0v) is 19.9. The molecule has 0 unspecified atom stereocenters. The standard InChI is InChI=1S/C24H25FN10O/c1-15-9-19(29-20-10-16(2)31-32-20)30-23(28-15)33-7-8-34(24(14-33)5-6-24)22(36)17-3-4-21(26-11-17)35-13-18(25)12-27-35/h3-4,9-13H,5-8,14H2,1-2H3,(H2,28,29,30,31,32). The van der Waals surface area contributed by atoms with Crippen molar-refractivity contribution in [3.63, 3.8) is 0 Å². The summed E-state index contributed by atoms with van der Waals surface area (Å²) in [5.41, 5.74) is 2.07. The lowest BCUT2D eigenvalue weighted by molar-refractivity contribution is 0.0623. The number of hydrogen-bond donors (Lipinski definition) is 2. The van der Waals surface area contributed by atoms with Crippen molar-refractivity contribution in [3.05, 3.63) is 65.6 Å². The molecule has 0 bridgehead atoms. The molecule has 2 fully saturated rings. The zero-order valence-electron chi connectivity index (χ0n) is 19.9. The Kier molecular flexibility index (Phi) is 5.16. The second kappa shape index (κ2) is 8.40. The lowest BCUT2D eigenvalue weighted by Gasteiger charge is -2.42. The van der Waals surface area contributed by atoms with Crippen LogP contribution in [0.4, 0.5) is 22.0 Å². The molecule has 1 saturated carbocycles. The van der Waals surface area contributed by atoms with Crippen LogP contribution < -0.4 is 10.2 Å². The van der Waals surface area contributed by atoms with E-state index in [4.69, 9.17) is 4.98 Å². The third-order valence-electron chi connectivity index (χ3n) is 6.59. The molecular formula is C24H25FN10O. The van der Waals surface area contributed by atoms with Crippen LogP contribution in [0.15, 0.2) is 42.9 Å². The first-order valence-corrected chi connectivity index (χ1v) is 11.8. The molecule has 0 atom stereocenters. The summed E-state index contributed by atoms with van der Waals surface area (Å²) in [6.45, 7) is 5.73. The Hall–Kier alpha value is -4.35. The first-order chi connectivity index (χ1) is 17.4. The number of pyridine rings is 1. The average Bonchev–Trinajstić information content (AvgIpc) is 3.27. The summed E-state index contributed by atoms with van der Waals surface area (Å²) in [5.74, 6) is 1.97. The van der Waals surface area contributed by atoms with Gasteiger partial charge < -0.3 is 15.1 Å². The molecule has 5 heterocycles. The van der Waals surface area contributed by atoms with E-state index < -0.39 is 5.82 Å². The van der Waals surface area contributed by atoms with Gasteiger partial charge in [-0.2, -0.15) is 15.2 Å². The van der Waals surface area contributed by atoms with E-state index in [1.165, 1.54) is 17.1 Å². The van der Waals surface area contributed by atoms with Crippen LogP contribution in [-0.4, -0.2) is 70.9 Å². The van der Waals surface area contributed by atoms with Gasteiger partial charge in [0.05, 0.1) is 23.5 Å². The van der Waals surface area contributed by atoms with E-state index in [2.05, 4.69) is 35.5 Å². The molecule has 184 valence electrons. The molecule has 0 radical (unpaired) electrons. The zero-order chi connectivity index (χ0) is 24.9. The van der Waals surface area contributed by atoms with Crippen LogP contribution in [0.2, 0.25) is 0 Å². The average molecular weight is 489 g/mol. The monoisotopic (exact) mass is 488 g/mol. The number of H-pyrrole nitrogens is 1. The number of carbonyl (C=O) groups is 1. The van der Waals surface area contributed by atoms with Gasteiger partial charge in [0, 0.05) is 49.4 Å². The van der Waals surface area contributed by atoms with Gasteiger partial charge >= 0.3 is 0 Å². The minimum absolute atomic E-state index is 0.0562. The van der Waals surface area contributed by atoms with Crippen molar-refractivity contribution >= 4 is 23.5 Å². The van der Waals surface area contributed by atoms with Crippen molar-refractivity contribution in [1.82, 2.24) is 39.8 Å². The molecule has 1 saturated heterocycles. The van der Waals surface area contributed by atoms with E-state index in [1.54, 1.807) is 12.1 Å². The first kappa shape index (κ1) is 22.1. The van der Waals surface area contributed by atoms with Gasteiger partial charge in [-0.25, -0.2) is 19.0 Å². The van der Waals surface area contributed by atoms with Crippen LogP contribution in [0.3, 0.4) is 0 Å². The highest BCUT2D eigenvalue weighted by molar-refractivity contribution is 5.95. The minimum Gasteiger partial charge on any atom is -0.337 e. The van der Waals surface area contributed by atoms with Gasteiger partial charge in [-0.05, 0) is 38.8 Å². The summed E-state index contributed by atoms with van der Waals surface area (Å²) < 4.78 is 14.6. The van der Waals surface area contributed by atoms with Crippen LogP contribution >= 0.6 is 0 Å². The number of amides is 1. The van der Waals surface area contributed by atoms with Crippen LogP contribution in [0, 0.1) is 19.7 Å². The highest BCUT2D eigenvalue weighted by Gasteiger charge is 2.53. The number of hydrogen-bond acceptors (Lipinski definition) is 8. The number of nitrogens with one attached hydrogen (secondary N) is 2. The molecule has 2 aliphatic rings. The molecule has 1 aliphatic heterocycles. The number of aromatic nitrogens is 7. The molecule has 0 aromatic carbocycles. The Morgan fingerprint density at radius 3 is 2.64 bits per heavy atom. The fraction of sp³-hybridized carbons (Fsp3) is 0.333. The normalized spacial score (nSPS) is 16.4. The largest absolute Gasteiger partial charge is 0.337 e. The van der Waals surface area contributed by atoms with E-state index in [0.29, 0.717) is 48.6 Å². The molecule has 36 heavy (non-hydrogen) atoms. The number of aromatic amines is 1. The Bertz CT molecular complexity index is 1420. The van der Waals surface area contributed by atoms with Gasteiger partial charge in [-0.15, -0.1) is 0 Å². The van der Waals surface area contributed by atoms with Gasteiger partial charge in [0.2, 0.25) is 5.95 Å². The van der Waals surface area contributed by atoms with Gasteiger partial charge in [0.25, 0.3) is 5.91 Å². The van der Waals surface area contributed by atoms with Crippen molar-refractivity contribution in [2.24, 2.45) is 0 Å². The van der Waals surface area contributed by atoms with Crippen molar-refractivity contribution < 1.29 is 9.18 Å². The molecule has 2 N–H and O–H groups in total. The number of piperazine rings is 1. The maximum absolute atomic E-state index is 13.4. The molecule has 6 rings (SSSR count). The minimum atomic E-state index is -0.442. The fourth-order valence-corrected chi connectivity index (χ4v) is 4.64. The van der Waals surface area contributed by atoms with E-state index in [9.17, 15) is 9.18 Å². The molecule has 1 amide bonds. The highest BCUT2D eigenvalue weighted by Crippen LogP contribution is 2.45. The lowest BCUT2D eigenvalue weighted by Crippen LogP contribution is -2.57. The molecule has 1 spiro atoms. The van der Waals surface area contributed by atoms with Crippen molar-refractivity contribution in [2.45, 2.75) is 32.2 Å². The SMILES string of the molecule is Cc1cc(Nc2cc(C)[nH]n2)nc(N2CCN(C(=O)c3ccc(-n4cc(F)cn4)nc3)C3(CC3)C2)n1. The number of nitrogens with zero attached hydrogens (tertiary/aromatic N) is 8. The van der Waals surface area contributed by atoms with Crippen LogP contribution in [-0.2, 0) is 0 Å². The number of carbonyl (C=O) groups excluding carboxylic acids is 1. The van der Waals surface area contributed by atoms with Crippen molar-refractivity contribution in [3.8, 4) is 5.82 Å². The molecular weight excluding hydrogens is 463 g/mol. The topological polar surface area (TPSA) is 121 Å². The molecule has 4 aromatic rings. The number of anilines is 3. The molecule has 1 aliphatic carbocycles. The number of halogens is 1. The summed E-state index contributed by atoms with van der Waals surface area (Å²) in [5, 5.41) is 14.3. The molecule has 4 aromatic heterocycles. The summed E-state index contributed by atoms with van der Waals surface area (Å²) in [7, 11) is 0. The Morgan fingerprint density at radius 2 is 1.97 bits per heavy atom. The predicted molar refractivity (Wildman–Crippen MR) is 130 cm³/mol. The van der Waals surface area contributed by atoms with Crippen molar-refractivity contribution in [1.29, 1.82) is 0 Å². The second-order valence-electron chi connectivity index (χ2n) is 9.37. The van der Waals surface area contributed by atoms with Gasteiger partial charge in [-0.1, -0.05) is 0 Å². The van der Waals surface area contributed by atoms with E-state index in [0.717, 1.165) is 30.4 Å². The van der Waals surface area contributed by atoms with Gasteiger partial charge in [0.1, 0.15) is 5.82 Å². The quantitative estimate of drug-likeness (QED) is 0.440. The second-order valence-corrected chi connectivity index (χ2v) is 9.37. The lowest BCUT2D eigenvalue weighted by atomic mass is 10.1. The van der Waals surface area contributed by atoms with Crippen molar-refractivity contribution in [2.75, 3.05) is 29.9 Å². The van der Waals surface area contributed by atoms with E-state index in [1.807, 2.05) is 30.9 Å². The van der Waals surface area contributed by atoms with Crippen LogP contribution in [0.1, 0.15) is 34.6 Å². The van der Waals surface area contributed by atoms with Crippen LogP contribution in [0.25, 0.3) is 5.82 Å². The van der Waals surface area contributed by atoms with Crippen LogP contribution in [0.5, 0.6) is 0 Å². The molecule has 11 nitrogen and oxygen atoms in total. The summed E-state index contributed by atoms with van der Waals surface area (Å²) in [6.07, 6.45) is 5.74. The van der Waals surface area contributed by atoms with Gasteiger partial charge in [-0.3, -0.25) is 9.89 Å². The number of aryl methyl sites for hydroxylation is 2. The maximum Gasteiger partial charge on any atom is 0.256 e. The Balaban J connectivity index is 1.17. The van der Waals surface area contributed by atoms with E-state index in [-0.39, 0.29) is 11.4 Å². The van der Waals surface area contributed by atoms with E-state index >= 15 is 0 Å². The summed E-state index contributed by atoms with van der Waals surface area (Å²) in [4.78, 5) is 31.2. The Labute approximate surface area is 206 Å². The smallest absolute Gasteiger partial charge is 0.256 e. The summed E-state index contributed by atoms with van der Waals surface area (Å²) in [6, 6.07) is 7.18. The fourth-order valence-electron chi connectivity index (χ4n) is 4.64. The maximum atomic E-state index is 13.4. The first-order valence-electron chi connectivity index (χ1n) is 11.8.